The van der Waals surface area contributed by atoms with Gasteiger partial charge in [-0.15, -0.1) is 0 Å². The van der Waals surface area contributed by atoms with Gasteiger partial charge in [-0.3, -0.25) is 46.6 Å². The zero-order chi connectivity index (χ0) is 22.7. The lowest BCUT2D eigenvalue weighted by Crippen LogP contribution is -2.24. The summed E-state index contributed by atoms with van der Waals surface area (Å²) in [4.78, 5) is 47.3. The number of aromatic nitrogens is 3. The number of amides is 3. The van der Waals surface area contributed by atoms with Gasteiger partial charge in [0, 0.05) is 0 Å². The molecule has 0 aliphatic rings. The molecule has 0 fully saturated rings. The highest BCUT2D eigenvalue weighted by molar-refractivity contribution is 8.14. The summed E-state index contributed by atoms with van der Waals surface area (Å²) in [6.07, 6.45) is 0. The van der Waals surface area contributed by atoms with Gasteiger partial charge in [-0.2, -0.15) is 15.0 Å². The highest BCUT2D eigenvalue weighted by Gasteiger charge is 2.14. The maximum Gasteiger partial charge on any atom is 0.237 e. The van der Waals surface area contributed by atoms with Crippen LogP contribution in [0.5, 0.6) is 0 Å². The molecular weight excluding hydrogens is 456 g/mol. The van der Waals surface area contributed by atoms with Crippen molar-refractivity contribution in [3.63, 3.8) is 0 Å². The van der Waals surface area contributed by atoms with E-state index in [4.69, 9.17) is 33.4 Å². The number of thioether (sulfide) groups is 3. The van der Waals surface area contributed by atoms with Crippen molar-refractivity contribution in [2.24, 2.45) is 17.2 Å². The summed E-state index contributed by atoms with van der Waals surface area (Å²) in [6.45, 7) is 0. The predicted molar refractivity (Wildman–Crippen MR) is 119 cm³/mol. The van der Waals surface area contributed by atoms with Crippen molar-refractivity contribution in [2.75, 3.05) is 33.2 Å². The second-order valence-corrected chi connectivity index (χ2v) is 7.96. The lowest BCUT2D eigenvalue weighted by atomic mass is 10.6. The van der Waals surface area contributed by atoms with Crippen LogP contribution in [0.2, 0.25) is 0 Å². The Morgan fingerprint density at radius 1 is 0.633 bits per heavy atom. The number of hydrogen-bond donors (Lipinski definition) is 9. The first-order valence-corrected chi connectivity index (χ1v) is 10.6. The van der Waals surface area contributed by atoms with E-state index in [2.05, 4.69) is 30.9 Å². The van der Waals surface area contributed by atoms with Gasteiger partial charge < -0.3 is 17.2 Å². The largest absolute Gasteiger partial charge is 0.379 e. The van der Waals surface area contributed by atoms with E-state index in [-0.39, 0.29) is 50.6 Å². The molecule has 1 rings (SSSR count). The molecule has 30 heavy (non-hydrogen) atoms. The van der Waals surface area contributed by atoms with Crippen LogP contribution in [0.25, 0.3) is 0 Å². The van der Waals surface area contributed by atoms with Gasteiger partial charge in [-0.1, -0.05) is 35.3 Å². The first-order chi connectivity index (χ1) is 14.0. The van der Waals surface area contributed by atoms with Crippen LogP contribution in [0.3, 0.4) is 0 Å². The fourth-order valence-corrected chi connectivity index (χ4v) is 2.53. The third kappa shape index (κ3) is 11.0. The molecule has 0 saturated carbocycles. The first-order valence-electron chi connectivity index (χ1n) is 7.61. The lowest BCUT2D eigenvalue weighted by Gasteiger charge is -2.09. The maximum absolute atomic E-state index is 11.9. The van der Waals surface area contributed by atoms with Crippen molar-refractivity contribution in [1.29, 1.82) is 16.2 Å². The highest BCUT2D eigenvalue weighted by Crippen LogP contribution is 2.12. The van der Waals surface area contributed by atoms with Gasteiger partial charge in [-0.05, 0) is 0 Å². The van der Waals surface area contributed by atoms with Crippen molar-refractivity contribution < 1.29 is 14.4 Å². The lowest BCUT2D eigenvalue weighted by molar-refractivity contribution is -0.114. The van der Waals surface area contributed by atoms with Crippen LogP contribution in [-0.2, 0) is 14.4 Å². The van der Waals surface area contributed by atoms with Crippen molar-refractivity contribution in [3.05, 3.63) is 0 Å². The van der Waals surface area contributed by atoms with E-state index in [1.807, 2.05) is 0 Å². The average Bonchev–Trinajstić information content (AvgIpc) is 2.63. The number of nitrogens with zero attached hydrogens (tertiary/aromatic N) is 3. The van der Waals surface area contributed by atoms with Gasteiger partial charge in [0.05, 0.1) is 17.3 Å². The molecule has 0 radical (unpaired) electrons. The van der Waals surface area contributed by atoms with Crippen LogP contribution in [0.1, 0.15) is 0 Å². The van der Waals surface area contributed by atoms with E-state index in [1.165, 1.54) is 0 Å². The molecule has 0 bridgehead atoms. The number of hydrogen-bond acceptors (Lipinski definition) is 12. The molecule has 0 saturated heterocycles. The summed E-state index contributed by atoms with van der Waals surface area (Å²) in [6, 6.07) is 0. The summed E-state index contributed by atoms with van der Waals surface area (Å²) < 4.78 is 0. The van der Waals surface area contributed by atoms with Gasteiger partial charge >= 0.3 is 0 Å². The number of nitrogens with one attached hydrogen (secondary N) is 6. The summed E-state index contributed by atoms with van der Waals surface area (Å²) in [5.41, 5.74) is 15.5. The molecule has 0 aliphatic heterocycles. The molecular formula is C12H18N12O3S3. The highest BCUT2D eigenvalue weighted by atomic mass is 32.2. The van der Waals surface area contributed by atoms with Crippen molar-refractivity contribution >= 4 is 86.4 Å². The SMILES string of the molecule is N=C(N)SCC(=O)Nc1nc(NC(=O)CSC(=N)N)nc(NC(=O)CSC(=N)N)n1. The molecule has 0 spiro atoms. The summed E-state index contributed by atoms with van der Waals surface area (Å²) in [7, 11) is 0. The van der Waals surface area contributed by atoms with Crippen molar-refractivity contribution in [1.82, 2.24) is 15.0 Å². The number of carbonyl (C=O) groups excluding carboxylic acids is 3. The Hall–Kier alpha value is -3.12. The van der Waals surface area contributed by atoms with E-state index in [1.54, 1.807) is 0 Å². The Morgan fingerprint density at radius 2 is 0.867 bits per heavy atom. The summed E-state index contributed by atoms with van der Waals surface area (Å²) in [5, 5.41) is 27.5. The van der Waals surface area contributed by atoms with Crippen LogP contribution in [-0.4, -0.2) is 65.4 Å². The number of carbonyl (C=O) groups is 3. The first kappa shape index (κ1) is 24.9. The third-order valence-corrected chi connectivity index (χ3v) is 4.62. The fraction of sp³-hybridized carbons (Fsp3) is 0.250. The second-order valence-electron chi connectivity index (χ2n) is 4.91. The molecule has 0 atom stereocenters. The number of rotatable bonds is 9. The standard InChI is InChI=1S/C12H18N12O3S3/c13-7(14)28-1-4(25)19-10-22-11(20-5(26)2-29-8(15)16)24-12(23-10)21-6(27)3-30-9(17)18/h1-3H2,(H3,13,14)(H3,15,16)(H3,17,18)(H3,19,20,21,22,23,24,25,26,27). The van der Waals surface area contributed by atoms with Crippen LogP contribution in [0.4, 0.5) is 17.8 Å². The average molecular weight is 475 g/mol. The van der Waals surface area contributed by atoms with Crippen LogP contribution < -0.4 is 33.2 Å². The fourth-order valence-electron chi connectivity index (χ4n) is 1.46. The van der Waals surface area contributed by atoms with E-state index < -0.39 is 17.7 Å². The predicted octanol–water partition coefficient (Wildman–Crippen LogP) is -1.43. The number of nitrogens with two attached hydrogens (primary N) is 3. The molecule has 0 aromatic carbocycles. The van der Waals surface area contributed by atoms with Gasteiger partial charge in [0.2, 0.25) is 35.6 Å². The van der Waals surface area contributed by atoms with Crippen molar-refractivity contribution in [3.8, 4) is 0 Å². The molecule has 3 amide bonds. The Labute approximate surface area is 182 Å². The number of amidine groups is 3. The van der Waals surface area contributed by atoms with Gasteiger partial charge in [0.15, 0.2) is 15.5 Å². The monoisotopic (exact) mass is 474 g/mol. The molecule has 1 heterocycles. The topological polar surface area (TPSA) is 276 Å². The Bertz CT molecular complexity index is 742. The van der Waals surface area contributed by atoms with Gasteiger partial charge in [-0.25, -0.2) is 0 Å². The minimum absolute atomic E-state index is 0.186. The molecule has 1 aromatic rings. The molecule has 0 aliphatic carbocycles. The maximum atomic E-state index is 11.9. The smallest absolute Gasteiger partial charge is 0.237 e. The Morgan fingerprint density at radius 3 is 1.07 bits per heavy atom. The normalized spacial score (nSPS) is 10.0. The summed E-state index contributed by atoms with van der Waals surface area (Å²) >= 11 is 2.33. The van der Waals surface area contributed by atoms with Gasteiger partial charge in [0.1, 0.15) is 0 Å². The van der Waals surface area contributed by atoms with E-state index in [9.17, 15) is 14.4 Å². The van der Waals surface area contributed by atoms with Crippen LogP contribution in [0.15, 0.2) is 0 Å². The molecule has 1 aromatic heterocycles. The molecule has 162 valence electrons. The molecule has 0 unspecified atom stereocenters. The Balaban J connectivity index is 2.95. The zero-order valence-corrected chi connectivity index (χ0v) is 17.6. The molecule has 18 heteroatoms. The van der Waals surface area contributed by atoms with E-state index in [0.29, 0.717) is 0 Å². The van der Waals surface area contributed by atoms with E-state index in [0.717, 1.165) is 35.3 Å². The number of anilines is 3. The van der Waals surface area contributed by atoms with Gasteiger partial charge in [0.25, 0.3) is 0 Å². The molecule has 12 N–H and O–H groups in total. The van der Waals surface area contributed by atoms with Crippen LogP contribution in [0, 0.1) is 16.2 Å². The Kier molecular flexibility index (Phi) is 10.3. The zero-order valence-electron chi connectivity index (χ0n) is 15.1. The molecule has 15 nitrogen and oxygen atoms in total. The van der Waals surface area contributed by atoms with Crippen LogP contribution >= 0.6 is 35.3 Å². The minimum Gasteiger partial charge on any atom is -0.379 e. The third-order valence-electron chi connectivity index (χ3n) is 2.47. The van der Waals surface area contributed by atoms with Crippen molar-refractivity contribution in [2.45, 2.75) is 0 Å². The summed E-state index contributed by atoms with van der Waals surface area (Å²) in [5.74, 6) is -3.14. The minimum atomic E-state index is -0.588. The quantitative estimate of drug-likeness (QED) is 0.147. The van der Waals surface area contributed by atoms with E-state index >= 15 is 0 Å². The second kappa shape index (κ2) is 12.4.